The molecule has 0 unspecified atom stereocenters. The molecule has 44 heavy (non-hydrogen) atoms. The quantitative estimate of drug-likeness (QED) is 0.193. The predicted octanol–water partition coefficient (Wildman–Crippen LogP) is 7.59. The van der Waals surface area contributed by atoms with E-state index in [0.29, 0.717) is 34.0 Å². The van der Waals surface area contributed by atoms with Gasteiger partial charge in [-0.15, -0.1) is 0 Å². The Morgan fingerprint density at radius 2 is 1.41 bits per heavy atom. The second kappa shape index (κ2) is 12.5. The van der Waals surface area contributed by atoms with Crippen LogP contribution in [-0.2, 0) is 5.41 Å². The van der Waals surface area contributed by atoms with Gasteiger partial charge < -0.3 is 14.2 Å². The average Bonchev–Trinajstić information content (AvgIpc) is 3.02. The van der Waals surface area contributed by atoms with Crippen LogP contribution in [0.4, 0.5) is 0 Å². The Labute approximate surface area is 258 Å². The number of rotatable bonds is 6. The maximum absolute atomic E-state index is 13.9. The molecule has 6 nitrogen and oxygen atoms in total. The van der Waals surface area contributed by atoms with Crippen molar-refractivity contribution in [1.29, 1.82) is 0 Å². The molecule has 0 aliphatic rings. The number of aromatic nitrogens is 2. The molecule has 0 saturated heterocycles. The number of para-hydroxylation sites is 1. The molecule has 5 aromatic rings. The van der Waals surface area contributed by atoms with Crippen LogP contribution >= 0.6 is 0 Å². The monoisotopic (exact) mass is 584 g/mol. The molecule has 0 aliphatic heterocycles. The number of nitrogens with zero attached hydrogens (tertiary/aromatic N) is 2. The third-order valence-corrected chi connectivity index (χ3v) is 7.45. The second-order valence-electron chi connectivity index (χ2n) is 11.5. The summed E-state index contributed by atoms with van der Waals surface area (Å²) in [4.78, 5) is 18.8. The lowest BCUT2D eigenvalue weighted by Gasteiger charge is -2.18. The van der Waals surface area contributed by atoms with Crippen LogP contribution in [0.1, 0.15) is 54.4 Å². The van der Waals surface area contributed by atoms with Crippen LogP contribution in [-0.4, -0.2) is 30.9 Å². The van der Waals surface area contributed by atoms with E-state index >= 15 is 0 Å². The maximum Gasteiger partial charge on any atom is 0.266 e. The van der Waals surface area contributed by atoms with Crippen molar-refractivity contribution in [2.24, 2.45) is 0 Å². The van der Waals surface area contributed by atoms with Gasteiger partial charge in [-0.25, -0.2) is 4.98 Å². The lowest BCUT2D eigenvalue weighted by molar-refractivity contribution is 0.324. The first-order valence-electron chi connectivity index (χ1n) is 14.4. The van der Waals surface area contributed by atoms with E-state index in [1.807, 2.05) is 67.6 Å². The summed E-state index contributed by atoms with van der Waals surface area (Å²) in [5.74, 6) is 8.61. The number of methoxy groups -OCH3 is 3. The highest BCUT2D eigenvalue weighted by Gasteiger charge is 2.15. The first kappa shape index (κ1) is 30.2. The second-order valence-corrected chi connectivity index (χ2v) is 11.5. The molecule has 0 bridgehead atoms. The van der Waals surface area contributed by atoms with E-state index in [2.05, 4.69) is 56.9 Å². The molecular weight excluding hydrogens is 548 g/mol. The molecule has 0 saturated carbocycles. The highest BCUT2D eigenvalue weighted by molar-refractivity contribution is 5.80. The minimum atomic E-state index is -0.152. The zero-order chi connectivity index (χ0) is 31.4. The van der Waals surface area contributed by atoms with E-state index < -0.39 is 0 Å². The largest absolute Gasteiger partial charge is 0.493 e. The molecule has 6 heteroatoms. The summed E-state index contributed by atoms with van der Waals surface area (Å²) in [6.07, 6.45) is 3.70. The zero-order valence-corrected chi connectivity index (χ0v) is 26.2. The van der Waals surface area contributed by atoms with Crippen LogP contribution in [0.25, 0.3) is 28.7 Å². The van der Waals surface area contributed by atoms with Crippen LogP contribution in [0.5, 0.6) is 17.2 Å². The van der Waals surface area contributed by atoms with Crippen molar-refractivity contribution >= 4 is 23.1 Å². The van der Waals surface area contributed by atoms with Gasteiger partial charge in [0.25, 0.3) is 5.56 Å². The van der Waals surface area contributed by atoms with Crippen LogP contribution in [0.2, 0.25) is 0 Å². The Morgan fingerprint density at radius 1 is 0.773 bits per heavy atom. The summed E-state index contributed by atoms with van der Waals surface area (Å²) < 4.78 is 18.1. The molecule has 0 fully saturated rings. The highest BCUT2D eigenvalue weighted by Crippen LogP contribution is 2.38. The Morgan fingerprint density at radius 3 is 2.02 bits per heavy atom. The maximum atomic E-state index is 13.9. The minimum absolute atomic E-state index is 0.0943. The van der Waals surface area contributed by atoms with Gasteiger partial charge in [0.15, 0.2) is 11.5 Å². The summed E-state index contributed by atoms with van der Waals surface area (Å²) in [7, 11) is 4.72. The molecule has 1 aromatic heterocycles. The number of aryl methyl sites for hydroxylation is 1. The van der Waals surface area contributed by atoms with E-state index in [1.54, 1.807) is 32.0 Å². The molecule has 222 valence electrons. The highest BCUT2D eigenvalue weighted by atomic mass is 16.5. The fraction of sp³-hybridized carbons (Fsp3) is 0.211. The number of fused-ring (bicyclic) bond motifs is 1. The average molecular weight is 585 g/mol. The van der Waals surface area contributed by atoms with Gasteiger partial charge in [0, 0.05) is 11.1 Å². The summed E-state index contributed by atoms with van der Waals surface area (Å²) in [5, 5.41) is 0.541. The van der Waals surface area contributed by atoms with E-state index in [0.717, 1.165) is 27.9 Å². The van der Waals surface area contributed by atoms with Crippen molar-refractivity contribution in [3.63, 3.8) is 0 Å². The lowest BCUT2D eigenvalue weighted by Crippen LogP contribution is -2.23. The molecular formula is C38H36N2O4. The van der Waals surface area contributed by atoms with Crippen LogP contribution in [0.3, 0.4) is 0 Å². The van der Waals surface area contributed by atoms with Crippen LogP contribution in [0.15, 0.2) is 83.7 Å². The van der Waals surface area contributed by atoms with Gasteiger partial charge in [0.2, 0.25) is 5.75 Å². The molecule has 0 spiro atoms. The van der Waals surface area contributed by atoms with Crippen molar-refractivity contribution in [2.45, 2.75) is 33.1 Å². The summed E-state index contributed by atoms with van der Waals surface area (Å²) in [6.45, 7) is 8.57. The number of benzene rings is 4. The van der Waals surface area contributed by atoms with Gasteiger partial charge in [-0.1, -0.05) is 63.0 Å². The van der Waals surface area contributed by atoms with Gasteiger partial charge in [-0.3, -0.25) is 9.36 Å². The topological polar surface area (TPSA) is 62.6 Å². The molecule has 0 N–H and O–H groups in total. The van der Waals surface area contributed by atoms with Crippen LogP contribution in [0, 0.1) is 18.8 Å². The van der Waals surface area contributed by atoms with Gasteiger partial charge in [-0.2, -0.15) is 0 Å². The molecule has 0 radical (unpaired) electrons. The third-order valence-electron chi connectivity index (χ3n) is 7.45. The van der Waals surface area contributed by atoms with E-state index in [-0.39, 0.29) is 11.0 Å². The summed E-state index contributed by atoms with van der Waals surface area (Å²) in [6, 6.07) is 25.3. The minimum Gasteiger partial charge on any atom is -0.493 e. The van der Waals surface area contributed by atoms with Crippen molar-refractivity contribution in [3.8, 4) is 34.8 Å². The van der Waals surface area contributed by atoms with E-state index in [9.17, 15) is 4.79 Å². The first-order chi connectivity index (χ1) is 21.1. The Kier molecular flexibility index (Phi) is 8.59. The Hall–Kier alpha value is -5.28. The SMILES string of the molecule is COc1cc(C=Cc2nc3ccccc3c(=O)n2-c2ccc(C#Cc3ccc(C(C)(C)C)cc3)cc2C)cc(OC)c1OC. The van der Waals surface area contributed by atoms with E-state index in [4.69, 9.17) is 19.2 Å². The molecule has 0 atom stereocenters. The fourth-order valence-electron chi connectivity index (χ4n) is 5.04. The summed E-state index contributed by atoms with van der Waals surface area (Å²) >= 11 is 0. The molecule has 0 aliphatic carbocycles. The van der Waals surface area contributed by atoms with Crippen molar-refractivity contribution in [3.05, 3.63) is 123 Å². The number of hydrogen-bond donors (Lipinski definition) is 0. The van der Waals surface area contributed by atoms with Gasteiger partial charge in [0.05, 0.1) is 37.9 Å². The fourth-order valence-corrected chi connectivity index (χ4v) is 5.04. The third kappa shape index (κ3) is 6.23. The van der Waals surface area contributed by atoms with Crippen molar-refractivity contribution in [1.82, 2.24) is 9.55 Å². The molecule has 4 aromatic carbocycles. The Balaban J connectivity index is 1.56. The standard InChI is InChI=1S/C38H36N2O4/c1-25-22-27(13-12-26-14-18-29(19-15-26)38(2,3)4)16-20-32(25)40-35(39-31-11-9-8-10-30(31)37(40)41)21-17-28-23-33(42-5)36(44-7)34(24-28)43-6/h8-11,14-24H,1-7H3. The Bertz CT molecular complexity index is 1960. The molecule has 1 heterocycles. The summed E-state index contributed by atoms with van der Waals surface area (Å²) in [5.41, 5.74) is 6.09. The lowest BCUT2D eigenvalue weighted by atomic mass is 9.87. The smallest absolute Gasteiger partial charge is 0.266 e. The van der Waals surface area contributed by atoms with Crippen LogP contribution < -0.4 is 19.8 Å². The first-order valence-corrected chi connectivity index (χ1v) is 14.4. The number of hydrogen-bond acceptors (Lipinski definition) is 5. The normalized spacial score (nSPS) is 11.3. The zero-order valence-electron chi connectivity index (χ0n) is 26.2. The molecule has 5 rings (SSSR count). The van der Waals surface area contributed by atoms with Crippen molar-refractivity contribution < 1.29 is 14.2 Å². The number of ether oxygens (including phenoxy) is 3. The van der Waals surface area contributed by atoms with E-state index in [1.165, 1.54) is 5.56 Å². The predicted molar refractivity (Wildman–Crippen MR) is 178 cm³/mol. The van der Waals surface area contributed by atoms with Crippen molar-refractivity contribution in [2.75, 3.05) is 21.3 Å². The van der Waals surface area contributed by atoms with Gasteiger partial charge in [0.1, 0.15) is 5.82 Å². The van der Waals surface area contributed by atoms with Gasteiger partial charge in [-0.05, 0) is 89.7 Å². The molecule has 0 amide bonds. The van der Waals surface area contributed by atoms with Gasteiger partial charge >= 0.3 is 0 Å².